The Kier molecular flexibility index (Phi) is 2.33. The normalized spacial score (nSPS) is 10.5. The van der Waals surface area contributed by atoms with Crippen LogP contribution in [0.3, 0.4) is 0 Å². The van der Waals surface area contributed by atoms with E-state index in [1.807, 2.05) is 0 Å². The van der Waals surface area contributed by atoms with Crippen molar-refractivity contribution in [2.75, 3.05) is 7.11 Å². The van der Waals surface area contributed by atoms with Crippen molar-refractivity contribution in [1.82, 2.24) is 0 Å². The highest BCUT2D eigenvalue weighted by Crippen LogP contribution is 2.28. The first-order chi connectivity index (χ1) is 7.22. The summed E-state index contributed by atoms with van der Waals surface area (Å²) in [5.74, 6) is -0.260. The molecule has 0 aliphatic heterocycles. The first-order valence-electron chi connectivity index (χ1n) is 4.47. The van der Waals surface area contributed by atoms with E-state index in [1.165, 1.54) is 19.4 Å². The number of carbonyl (C=O) groups excluding carboxylic acids is 1. The van der Waals surface area contributed by atoms with Gasteiger partial charge in [-0.2, -0.15) is 0 Å². The number of para-hydroxylation sites is 1. The van der Waals surface area contributed by atoms with Gasteiger partial charge in [-0.05, 0) is 6.07 Å². The van der Waals surface area contributed by atoms with E-state index in [0.717, 1.165) is 5.39 Å². The van der Waals surface area contributed by atoms with E-state index in [0.29, 0.717) is 11.1 Å². The Labute approximate surface area is 86.1 Å². The Morgan fingerprint density at radius 3 is 3.07 bits per heavy atom. The molecule has 0 spiro atoms. The number of phenolic OH excluding ortho intramolecular Hbond substituents is 1. The summed E-state index contributed by atoms with van der Waals surface area (Å²) >= 11 is 0. The number of carbonyl (C=O) groups is 1. The van der Waals surface area contributed by atoms with Gasteiger partial charge in [-0.25, -0.2) is 0 Å². The van der Waals surface area contributed by atoms with Crippen LogP contribution in [0.4, 0.5) is 0 Å². The summed E-state index contributed by atoms with van der Waals surface area (Å²) in [6.45, 7) is 0. The number of rotatable bonds is 2. The minimum atomic E-state index is -0.332. The van der Waals surface area contributed by atoms with Gasteiger partial charge < -0.3 is 14.3 Å². The molecule has 0 radical (unpaired) electrons. The van der Waals surface area contributed by atoms with Gasteiger partial charge in [0.1, 0.15) is 0 Å². The maximum atomic E-state index is 11.1. The molecule has 4 heteroatoms. The van der Waals surface area contributed by atoms with Crippen LogP contribution in [-0.2, 0) is 16.0 Å². The van der Waals surface area contributed by atoms with Crippen LogP contribution in [-0.4, -0.2) is 18.2 Å². The molecule has 0 aliphatic carbocycles. The van der Waals surface area contributed by atoms with E-state index >= 15 is 0 Å². The van der Waals surface area contributed by atoms with E-state index in [-0.39, 0.29) is 18.1 Å². The number of hydrogen-bond acceptors (Lipinski definition) is 4. The second-order valence-corrected chi connectivity index (χ2v) is 3.17. The van der Waals surface area contributed by atoms with Crippen molar-refractivity contribution in [3.63, 3.8) is 0 Å². The fourth-order valence-electron chi connectivity index (χ4n) is 1.46. The van der Waals surface area contributed by atoms with E-state index in [1.54, 1.807) is 12.1 Å². The van der Waals surface area contributed by atoms with Crippen molar-refractivity contribution in [3.05, 3.63) is 30.0 Å². The molecule has 2 aromatic rings. The second kappa shape index (κ2) is 3.65. The molecule has 0 aliphatic rings. The number of methoxy groups -OCH3 is 1. The third-order valence-electron chi connectivity index (χ3n) is 2.22. The average molecular weight is 206 g/mol. The predicted molar refractivity (Wildman–Crippen MR) is 53.6 cm³/mol. The fourth-order valence-corrected chi connectivity index (χ4v) is 1.46. The molecular formula is C11H10O4. The molecule has 0 fully saturated rings. The number of aromatic hydroxyl groups is 1. The maximum absolute atomic E-state index is 11.1. The minimum absolute atomic E-state index is 0.0728. The lowest BCUT2D eigenvalue weighted by atomic mass is 10.1. The predicted octanol–water partition coefficient (Wildman–Crippen LogP) is 1.85. The molecule has 0 saturated heterocycles. The maximum Gasteiger partial charge on any atom is 0.310 e. The van der Waals surface area contributed by atoms with Gasteiger partial charge in [0.05, 0.1) is 19.8 Å². The molecule has 78 valence electrons. The van der Waals surface area contributed by atoms with Crippen LogP contribution < -0.4 is 0 Å². The zero-order valence-electron chi connectivity index (χ0n) is 8.19. The lowest BCUT2D eigenvalue weighted by molar-refractivity contribution is -0.139. The summed E-state index contributed by atoms with van der Waals surface area (Å²) in [5.41, 5.74) is 1.11. The van der Waals surface area contributed by atoms with Crippen molar-refractivity contribution in [2.45, 2.75) is 6.42 Å². The van der Waals surface area contributed by atoms with E-state index < -0.39 is 0 Å². The largest absolute Gasteiger partial charge is 0.504 e. The molecule has 1 aromatic heterocycles. The molecule has 15 heavy (non-hydrogen) atoms. The van der Waals surface area contributed by atoms with Gasteiger partial charge in [0.15, 0.2) is 11.3 Å². The average Bonchev–Trinajstić information content (AvgIpc) is 2.63. The van der Waals surface area contributed by atoms with Crippen LogP contribution >= 0.6 is 0 Å². The molecule has 1 aromatic carbocycles. The van der Waals surface area contributed by atoms with Gasteiger partial charge in [-0.3, -0.25) is 4.79 Å². The highest BCUT2D eigenvalue weighted by Gasteiger charge is 2.12. The zero-order chi connectivity index (χ0) is 10.8. The molecule has 1 N–H and O–H groups in total. The fraction of sp³-hybridized carbons (Fsp3) is 0.182. The molecular weight excluding hydrogens is 196 g/mol. The summed E-state index contributed by atoms with van der Waals surface area (Å²) in [5, 5.41) is 10.2. The second-order valence-electron chi connectivity index (χ2n) is 3.17. The molecule has 1 heterocycles. The molecule has 0 atom stereocenters. The number of phenols is 1. The van der Waals surface area contributed by atoms with Crippen LogP contribution in [0.1, 0.15) is 5.56 Å². The Bertz CT molecular complexity index is 498. The number of fused-ring (bicyclic) bond motifs is 1. The number of benzene rings is 1. The number of furan rings is 1. The first kappa shape index (κ1) is 9.58. The van der Waals surface area contributed by atoms with Crippen molar-refractivity contribution in [3.8, 4) is 5.75 Å². The van der Waals surface area contributed by atoms with Crippen LogP contribution in [0, 0.1) is 0 Å². The lowest BCUT2D eigenvalue weighted by Gasteiger charge is -1.97. The smallest absolute Gasteiger partial charge is 0.310 e. The third-order valence-corrected chi connectivity index (χ3v) is 2.22. The van der Waals surface area contributed by atoms with Crippen LogP contribution in [0.5, 0.6) is 5.75 Å². The summed E-state index contributed by atoms with van der Waals surface area (Å²) in [4.78, 5) is 11.1. The minimum Gasteiger partial charge on any atom is -0.504 e. The van der Waals surface area contributed by atoms with Crippen molar-refractivity contribution < 1.29 is 19.1 Å². The Hall–Kier alpha value is -1.97. The summed E-state index contributed by atoms with van der Waals surface area (Å²) < 4.78 is 9.73. The van der Waals surface area contributed by atoms with Gasteiger partial charge >= 0.3 is 5.97 Å². The highest BCUT2D eigenvalue weighted by molar-refractivity contribution is 5.89. The SMILES string of the molecule is COC(=O)Cc1coc2c(O)cccc12. The number of esters is 1. The Balaban J connectivity index is 2.45. The zero-order valence-corrected chi connectivity index (χ0v) is 8.19. The van der Waals surface area contributed by atoms with Crippen LogP contribution in [0.2, 0.25) is 0 Å². The quantitative estimate of drug-likeness (QED) is 0.762. The number of hydrogen-bond donors (Lipinski definition) is 1. The van der Waals surface area contributed by atoms with Crippen molar-refractivity contribution in [2.24, 2.45) is 0 Å². The molecule has 2 rings (SSSR count). The lowest BCUT2D eigenvalue weighted by Crippen LogP contribution is -2.03. The highest BCUT2D eigenvalue weighted by atomic mass is 16.5. The van der Waals surface area contributed by atoms with E-state index in [4.69, 9.17) is 4.42 Å². The van der Waals surface area contributed by atoms with Gasteiger partial charge in [0.25, 0.3) is 0 Å². The van der Waals surface area contributed by atoms with E-state index in [2.05, 4.69) is 4.74 Å². The van der Waals surface area contributed by atoms with Crippen molar-refractivity contribution >= 4 is 16.9 Å². The van der Waals surface area contributed by atoms with Crippen LogP contribution in [0.25, 0.3) is 11.0 Å². The Morgan fingerprint density at radius 1 is 1.53 bits per heavy atom. The van der Waals surface area contributed by atoms with Gasteiger partial charge in [-0.1, -0.05) is 12.1 Å². The topological polar surface area (TPSA) is 59.7 Å². The summed E-state index contributed by atoms with van der Waals surface area (Å²) in [7, 11) is 1.34. The van der Waals surface area contributed by atoms with E-state index in [9.17, 15) is 9.90 Å². The molecule has 0 bridgehead atoms. The molecule has 0 unspecified atom stereocenters. The Morgan fingerprint density at radius 2 is 2.33 bits per heavy atom. The summed E-state index contributed by atoms with van der Waals surface area (Å²) in [6, 6.07) is 5.03. The van der Waals surface area contributed by atoms with Gasteiger partial charge in [-0.15, -0.1) is 0 Å². The molecule has 0 amide bonds. The number of ether oxygens (including phenoxy) is 1. The first-order valence-corrected chi connectivity index (χ1v) is 4.47. The molecule has 0 saturated carbocycles. The summed E-state index contributed by atoms with van der Waals surface area (Å²) in [6.07, 6.45) is 1.61. The van der Waals surface area contributed by atoms with Gasteiger partial charge in [0.2, 0.25) is 0 Å². The monoisotopic (exact) mass is 206 g/mol. The standard InChI is InChI=1S/C11H10O4/c1-14-10(13)5-7-6-15-11-8(7)3-2-4-9(11)12/h2-4,6,12H,5H2,1H3. The third kappa shape index (κ3) is 1.66. The van der Waals surface area contributed by atoms with Crippen LogP contribution in [0.15, 0.2) is 28.9 Å². The molecule has 4 nitrogen and oxygen atoms in total. The van der Waals surface area contributed by atoms with Gasteiger partial charge in [0, 0.05) is 10.9 Å². The van der Waals surface area contributed by atoms with Crippen molar-refractivity contribution in [1.29, 1.82) is 0 Å².